The normalized spacial score (nSPS) is 30.7. The highest BCUT2D eigenvalue weighted by molar-refractivity contribution is 5.31. The predicted molar refractivity (Wildman–Crippen MR) is 60.4 cm³/mol. The van der Waals surface area contributed by atoms with Gasteiger partial charge in [-0.3, -0.25) is 0 Å². The Morgan fingerprint density at radius 3 is 2.67 bits per heavy atom. The highest BCUT2D eigenvalue weighted by Crippen LogP contribution is 2.34. The largest absolute Gasteiger partial charge is 0.785 e. The highest BCUT2D eigenvalue weighted by atomic mass is 16.5. The van der Waals surface area contributed by atoms with Crippen LogP contribution in [0.25, 0.3) is 0 Å². The van der Waals surface area contributed by atoms with Crippen molar-refractivity contribution in [2.45, 2.75) is 31.7 Å². The van der Waals surface area contributed by atoms with Crippen molar-refractivity contribution in [2.24, 2.45) is 5.92 Å². The van der Waals surface area contributed by atoms with Crippen molar-refractivity contribution in [1.82, 2.24) is 5.06 Å². The van der Waals surface area contributed by atoms with Crippen molar-refractivity contribution in [1.29, 1.82) is 0 Å². The first-order valence-corrected chi connectivity index (χ1v) is 5.85. The molecule has 15 heavy (non-hydrogen) atoms. The molecule has 2 nitrogen and oxygen atoms in total. The predicted octanol–water partition coefficient (Wildman–Crippen LogP) is 2.36. The number of hydrogen-bond donors (Lipinski definition) is 0. The molecule has 0 spiro atoms. The second kappa shape index (κ2) is 3.62. The van der Waals surface area contributed by atoms with Crippen LogP contribution in [0.1, 0.15) is 24.0 Å². The summed E-state index contributed by atoms with van der Waals surface area (Å²) in [6.07, 6.45) is 4.38. The Labute approximate surface area is 90.5 Å². The van der Waals surface area contributed by atoms with E-state index in [1.165, 1.54) is 22.6 Å². The average molecular weight is 202 g/mol. The second-order valence-electron chi connectivity index (χ2n) is 4.79. The summed E-state index contributed by atoms with van der Waals surface area (Å²) in [7, 11) is 0. The van der Waals surface area contributed by atoms with Crippen molar-refractivity contribution in [3.05, 3.63) is 40.6 Å². The van der Waals surface area contributed by atoms with E-state index in [0.29, 0.717) is 5.92 Å². The van der Waals surface area contributed by atoms with Gasteiger partial charge in [-0.25, -0.2) is 0 Å². The third kappa shape index (κ3) is 1.58. The van der Waals surface area contributed by atoms with E-state index in [2.05, 4.69) is 24.3 Å². The summed E-state index contributed by atoms with van der Waals surface area (Å²) in [5, 5.41) is 13.1. The molecule has 1 saturated heterocycles. The molecule has 3 rings (SSSR count). The van der Waals surface area contributed by atoms with E-state index in [0.717, 1.165) is 25.8 Å². The van der Waals surface area contributed by atoms with Gasteiger partial charge in [-0.15, -0.1) is 0 Å². The van der Waals surface area contributed by atoms with Crippen LogP contribution in [0.4, 0.5) is 0 Å². The molecule has 80 valence electrons. The second-order valence-corrected chi connectivity index (χ2v) is 4.79. The van der Waals surface area contributed by atoms with Crippen LogP contribution in [0.5, 0.6) is 0 Å². The molecule has 2 heteroatoms. The monoisotopic (exact) mass is 202 g/mol. The number of benzene rings is 1. The van der Waals surface area contributed by atoms with Gasteiger partial charge in [0, 0.05) is 6.04 Å². The molecule has 0 N–H and O–H groups in total. The maximum absolute atomic E-state index is 11.8. The summed E-state index contributed by atoms with van der Waals surface area (Å²) >= 11 is 0. The lowest BCUT2D eigenvalue weighted by molar-refractivity contribution is 0.133. The Kier molecular flexibility index (Phi) is 2.26. The maximum atomic E-state index is 11.8. The third-order valence-corrected chi connectivity index (χ3v) is 3.90. The summed E-state index contributed by atoms with van der Waals surface area (Å²) < 4.78 is 0. The number of hydrogen-bond acceptors (Lipinski definition) is 2. The van der Waals surface area contributed by atoms with E-state index < -0.39 is 0 Å². The molecule has 1 heterocycles. The van der Waals surface area contributed by atoms with Gasteiger partial charge in [-0.05, 0) is 49.3 Å². The topological polar surface area (TPSA) is 26.3 Å². The van der Waals surface area contributed by atoms with Gasteiger partial charge in [0.15, 0.2) is 0 Å². The zero-order chi connectivity index (χ0) is 10.3. The van der Waals surface area contributed by atoms with Gasteiger partial charge in [0.2, 0.25) is 0 Å². The molecule has 1 aromatic rings. The number of rotatable bonds is 0. The lowest BCUT2D eigenvalue weighted by Gasteiger charge is -2.48. The quantitative estimate of drug-likeness (QED) is 0.645. The van der Waals surface area contributed by atoms with Crippen molar-refractivity contribution in [3.8, 4) is 0 Å². The van der Waals surface area contributed by atoms with Crippen LogP contribution in [-0.2, 0) is 12.8 Å². The molecule has 1 aliphatic heterocycles. The van der Waals surface area contributed by atoms with E-state index in [-0.39, 0.29) is 6.04 Å². The van der Waals surface area contributed by atoms with Crippen LogP contribution in [0.15, 0.2) is 24.3 Å². The Hall–Kier alpha value is -0.860. The van der Waals surface area contributed by atoms with Crippen LogP contribution in [-0.4, -0.2) is 17.6 Å². The Morgan fingerprint density at radius 1 is 1.13 bits per heavy atom. The molecule has 1 aliphatic carbocycles. The van der Waals surface area contributed by atoms with Crippen LogP contribution in [0.2, 0.25) is 0 Å². The summed E-state index contributed by atoms with van der Waals surface area (Å²) in [6, 6.07) is 8.84. The van der Waals surface area contributed by atoms with Crippen molar-refractivity contribution >= 4 is 0 Å². The summed E-state index contributed by atoms with van der Waals surface area (Å²) in [5.74, 6) is 0.603. The van der Waals surface area contributed by atoms with Gasteiger partial charge in [-0.2, -0.15) is 0 Å². The van der Waals surface area contributed by atoms with Gasteiger partial charge < -0.3 is 10.3 Å². The van der Waals surface area contributed by atoms with Crippen molar-refractivity contribution < 1.29 is 0 Å². The van der Waals surface area contributed by atoms with Crippen LogP contribution in [0.3, 0.4) is 0 Å². The minimum Gasteiger partial charge on any atom is -0.785 e. The molecular formula is C13H16NO-. The summed E-state index contributed by atoms with van der Waals surface area (Å²) in [6.45, 7) is 0.739. The fourth-order valence-corrected chi connectivity index (χ4v) is 3.07. The van der Waals surface area contributed by atoms with E-state index in [1.54, 1.807) is 0 Å². The van der Waals surface area contributed by atoms with E-state index in [4.69, 9.17) is 0 Å². The van der Waals surface area contributed by atoms with E-state index in [1.807, 2.05) is 0 Å². The highest BCUT2D eigenvalue weighted by Gasteiger charge is 2.31. The number of fused-ring (bicyclic) bond motifs is 2. The smallest absolute Gasteiger partial charge is 0.00469 e. The summed E-state index contributed by atoms with van der Waals surface area (Å²) in [5.41, 5.74) is 2.86. The van der Waals surface area contributed by atoms with Gasteiger partial charge in [0.25, 0.3) is 0 Å². The fourth-order valence-electron chi connectivity index (χ4n) is 3.07. The molecule has 1 aromatic carbocycles. The van der Waals surface area contributed by atoms with Gasteiger partial charge in [0.05, 0.1) is 0 Å². The SMILES string of the molecule is [O-]N1CCC[C@H]2Cc3ccccc3CC21. The molecule has 1 fully saturated rings. The fraction of sp³-hybridized carbons (Fsp3) is 0.538. The van der Waals surface area contributed by atoms with Crippen LogP contribution in [0, 0.1) is 11.1 Å². The molecule has 0 saturated carbocycles. The Bertz CT molecular complexity index is 363. The molecule has 0 bridgehead atoms. The van der Waals surface area contributed by atoms with E-state index >= 15 is 0 Å². The molecule has 1 unspecified atom stereocenters. The van der Waals surface area contributed by atoms with Crippen molar-refractivity contribution in [3.63, 3.8) is 0 Å². The zero-order valence-corrected chi connectivity index (χ0v) is 8.86. The molecule has 0 aromatic heterocycles. The van der Waals surface area contributed by atoms with E-state index in [9.17, 15) is 5.21 Å². The minimum absolute atomic E-state index is 0.258. The van der Waals surface area contributed by atoms with Crippen molar-refractivity contribution in [2.75, 3.05) is 6.54 Å². The Balaban J connectivity index is 1.92. The number of hydroxylamine groups is 2. The van der Waals surface area contributed by atoms with Crippen LogP contribution >= 0.6 is 0 Å². The Morgan fingerprint density at radius 2 is 1.87 bits per heavy atom. The lowest BCUT2D eigenvalue weighted by atomic mass is 9.76. The van der Waals surface area contributed by atoms with Gasteiger partial charge in [-0.1, -0.05) is 24.3 Å². The zero-order valence-electron chi connectivity index (χ0n) is 8.86. The van der Waals surface area contributed by atoms with Crippen LogP contribution < -0.4 is 0 Å². The number of nitrogens with zero attached hydrogens (tertiary/aromatic N) is 1. The van der Waals surface area contributed by atoms with Gasteiger partial charge in [0.1, 0.15) is 0 Å². The lowest BCUT2D eigenvalue weighted by Crippen LogP contribution is -2.46. The minimum atomic E-state index is 0.258. The molecule has 0 amide bonds. The average Bonchev–Trinajstić information content (AvgIpc) is 2.27. The standard InChI is InChI=1S/C13H16NO/c15-14-7-3-6-12-8-10-4-1-2-5-11(10)9-13(12)14/h1-2,4-5,12-13H,3,6-9H2/q-1/t12-,13?/m0/s1. The first-order chi connectivity index (χ1) is 7.34. The molecule has 2 atom stereocenters. The number of piperidine rings is 1. The molecule has 0 radical (unpaired) electrons. The first kappa shape index (κ1) is 9.37. The third-order valence-electron chi connectivity index (χ3n) is 3.90. The molecular weight excluding hydrogens is 186 g/mol. The first-order valence-electron chi connectivity index (χ1n) is 5.85. The summed E-state index contributed by atoms with van der Waals surface area (Å²) in [4.78, 5) is 0. The molecule has 2 aliphatic rings. The maximum Gasteiger partial charge on any atom is 0.00469 e. The van der Waals surface area contributed by atoms with Gasteiger partial charge >= 0.3 is 0 Å².